The van der Waals surface area contributed by atoms with Crippen molar-refractivity contribution in [2.45, 2.75) is 51.7 Å². The van der Waals surface area contributed by atoms with Gasteiger partial charge in [-0.25, -0.2) is 0 Å². The summed E-state index contributed by atoms with van der Waals surface area (Å²) >= 11 is 0. The van der Waals surface area contributed by atoms with E-state index in [0.717, 1.165) is 31.8 Å². The maximum Gasteiger partial charge on any atom is 0.222 e. The van der Waals surface area contributed by atoms with Crippen molar-refractivity contribution >= 4 is 5.91 Å². The minimum Gasteiger partial charge on any atom is -0.345 e. The highest BCUT2D eigenvalue weighted by atomic mass is 16.2. The predicted molar refractivity (Wildman–Crippen MR) is 84.1 cm³/mol. The molecule has 0 spiro atoms. The molecule has 2 heterocycles. The summed E-state index contributed by atoms with van der Waals surface area (Å²) in [5, 5.41) is 8.32. The van der Waals surface area contributed by atoms with Crippen molar-refractivity contribution < 1.29 is 4.79 Å². The quantitative estimate of drug-likeness (QED) is 0.847. The number of hydrogen-bond donors (Lipinski definition) is 0. The van der Waals surface area contributed by atoms with Crippen LogP contribution in [0.25, 0.3) is 0 Å². The molecule has 1 aromatic heterocycles. The molecule has 1 saturated carbocycles. The zero-order valence-electron chi connectivity index (χ0n) is 14.1. The molecular formula is C16H27N5O. The zero-order valence-corrected chi connectivity index (χ0v) is 14.1. The lowest BCUT2D eigenvalue weighted by Gasteiger charge is -2.31. The Morgan fingerprint density at radius 1 is 1.36 bits per heavy atom. The van der Waals surface area contributed by atoms with Crippen LogP contribution in [0, 0.1) is 11.8 Å². The molecule has 1 aliphatic carbocycles. The highest BCUT2D eigenvalue weighted by Crippen LogP contribution is 2.40. The Morgan fingerprint density at radius 2 is 2.09 bits per heavy atom. The lowest BCUT2D eigenvalue weighted by molar-refractivity contribution is -0.134. The third-order valence-corrected chi connectivity index (χ3v) is 5.41. The number of likely N-dealkylation sites (tertiary alicyclic amines) is 1. The van der Waals surface area contributed by atoms with E-state index >= 15 is 0 Å². The first kappa shape index (κ1) is 15.5. The van der Waals surface area contributed by atoms with Gasteiger partial charge in [0.25, 0.3) is 0 Å². The second-order valence-corrected chi connectivity index (χ2v) is 7.29. The van der Waals surface area contributed by atoms with Gasteiger partial charge >= 0.3 is 0 Å². The molecule has 122 valence electrons. The van der Waals surface area contributed by atoms with Gasteiger partial charge in [0.15, 0.2) is 0 Å². The van der Waals surface area contributed by atoms with E-state index < -0.39 is 0 Å². The summed E-state index contributed by atoms with van der Waals surface area (Å²) in [7, 11) is 4.10. The molecule has 3 atom stereocenters. The molecule has 0 N–H and O–H groups in total. The summed E-state index contributed by atoms with van der Waals surface area (Å²) in [6.07, 6.45) is 4.87. The van der Waals surface area contributed by atoms with Gasteiger partial charge in [0.05, 0.1) is 6.54 Å². The van der Waals surface area contributed by atoms with Gasteiger partial charge in [0.2, 0.25) is 5.91 Å². The Bertz CT molecular complexity index is 540. The third-order valence-electron chi connectivity index (χ3n) is 5.41. The van der Waals surface area contributed by atoms with Crippen LogP contribution >= 0.6 is 0 Å². The van der Waals surface area contributed by atoms with Crippen LogP contribution in [0.1, 0.15) is 45.0 Å². The number of amides is 1. The molecule has 3 rings (SSSR count). The molecular weight excluding hydrogens is 278 g/mol. The third kappa shape index (κ3) is 2.89. The Hall–Kier alpha value is -1.43. The van der Waals surface area contributed by atoms with Gasteiger partial charge in [0, 0.05) is 32.1 Å². The lowest BCUT2D eigenvalue weighted by atomic mass is 9.88. The highest BCUT2D eigenvalue weighted by molar-refractivity contribution is 5.77. The molecule has 0 bridgehead atoms. The highest BCUT2D eigenvalue weighted by Gasteiger charge is 2.41. The molecule has 1 amide bonds. The molecule has 1 saturated heterocycles. The van der Waals surface area contributed by atoms with Crippen molar-refractivity contribution in [2.75, 3.05) is 20.6 Å². The Balaban J connectivity index is 1.63. The molecule has 0 unspecified atom stereocenters. The Kier molecular flexibility index (Phi) is 4.21. The molecule has 6 heteroatoms. The molecule has 22 heavy (non-hydrogen) atoms. The van der Waals surface area contributed by atoms with Gasteiger partial charge < -0.3 is 9.47 Å². The van der Waals surface area contributed by atoms with E-state index in [9.17, 15) is 4.79 Å². The summed E-state index contributed by atoms with van der Waals surface area (Å²) in [6, 6.07) is 0.933. The number of carbonyl (C=O) groups excluding carboxylic acids is 1. The van der Waals surface area contributed by atoms with E-state index in [1.165, 1.54) is 6.42 Å². The topological polar surface area (TPSA) is 54.3 Å². The second-order valence-electron chi connectivity index (χ2n) is 7.29. The fourth-order valence-corrected chi connectivity index (χ4v) is 4.01. The van der Waals surface area contributed by atoms with Crippen LogP contribution in [0.2, 0.25) is 0 Å². The average Bonchev–Trinajstić information content (AvgIpc) is 3.06. The summed E-state index contributed by atoms with van der Waals surface area (Å²) in [6.45, 7) is 6.05. The van der Waals surface area contributed by atoms with Gasteiger partial charge in [0.1, 0.15) is 12.2 Å². The van der Waals surface area contributed by atoms with E-state index in [-0.39, 0.29) is 0 Å². The maximum absolute atomic E-state index is 11.9. The van der Waals surface area contributed by atoms with Crippen molar-refractivity contribution in [3.05, 3.63) is 12.2 Å². The van der Waals surface area contributed by atoms with Crippen LogP contribution in [0.15, 0.2) is 6.33 Å². The van der Waals surface area contributed by atoms with Crippen LogP contribution in [0.4, 0.5) is 0 Å². The normalized spacial score (nSPS) is 28.7. The van der Waals surface area contributed by atoms with Crippen molar-refractivity contribution in [1.82, 2.24) is 24.6 Å². The summed E-state index contributed by atoms with van der Waals surface area (Å²) in [5.74, 6) is 2.57. The zero-order chi connectivity index (χ0) is 15.9. The first-order valence-corrected chi connectivity index (χ1v) is 8.28. The Morgan fingerprint density at radius 3 is 2.82 bits per heavy atom. The van der Waals surface area contributed by atoms with Gasteiger partial charge in [-0.3, -0.25) is 9.69 Å². The summed E-state index contributed by atoms with van der Waals surface area (Å²) in [5.41, 5.74) is 0. The molecule has 2 fully saturated rings. The van der Waals surface area contributed by atoms with E-state index in [0.29, 0.717) is 29.8 Å². The smallest absolute Gasteiger partial charge is 0.222 e. The number of hydrogen-bond acceptors (Lipinski definition) is 4. The molecule has 6 nitrogen and oxygen atoms in total. The standard InChI is InChI=1S/C16H27N5O/c1-11(2)21-10-17-18-15(21)9-19(3)14-5-12-7-16(22)20(4)8-13(12)6-14/h10-14H,5-9H2,1-4H3/t12-,13+,14-/m0/s1. The molecule has 1 aliphatic heterocycles. The van der Waals surface area contributed by atoms with Gasteiger partial charge in [-0.05, 0) is 45.6 Å². The van der Waals surface area contributed by atoms with Gasteiger partial charge in [-0.1, -0.05) is 0 Å². The lowest BCUT2D eigenvalue weighted by Crippen LogP contribution is -2.39. The van der Waals surface area contributed by atoms with E-state index in [1.54, 1.807) is 0 Å². The number of aromatic nitrogens is 3. The number of piperidine rings is 1. The van der Waals surface area contributed by atoms with Crippen molar-refractivity contribution in [3.63, 3.8) is 0 Å². The summed E-state index contributed by atoms with van der Waals surface area (Å²) in [4.78, 5) is 16.2. The molecule has 0 radical (unpaired) electrons. The first-order chi connectivity index (χ1) is 10.5. The van der Waals surface area contributed by atoms with Gasteiger partial charge in [-0.15, -0.1) is 10.2 Å². The van der Waals surface area contributed by atoms with Crippen LogP contribution < -0.4 is 0 Å². The van der Waals surface area contributed by atoms with E-state index in [4.69, 9.17) is 0 Å². The van der Waals surface area contributed by atoms with Crippen molar-refractivity contribution in [1.29, 1.82) is 0 Å². The maximum atomic E-state index is 11.9. The van der Waals surface area contributed by atoms with Crippen molar-refractivity contribution in [3.8, 4) is 0 Å². The fourth-order valence-electron chi connectivity index (χ4n) is 4.01. The minimum atomic E-state index is 0.309. The molecule has 2 aliphatic rings. The number of fused-ring (bicyclic) bond motifs is 1. The van der Waals surface area contributed by atoms with E-state index in [2.05, 4.69) is 40.6 Å². The SMILES string of the molecule is CC(C)n1cnnc1CN(C)[C@H]1C[C@H]2CC(=O)N(C)C[C@H]2C1. The number of nitrogens with zero attached hydrogens (tertiary/aromatic N) is 5. The van der Waals surface area contributed by atoms with Crippen LogP contribution in [0.5, 0.6) is 0 Å². The first-order valence-electron chi connectivity index (χ1n) is 8.28. The largest absolute Gasteiger partial charge is 0.345 e. The van der Waals surface area contributed by atoms with Crippen LogP contribution in [0.3, 0.4) is 0 Å². The van der Waals surface area contributed by atoms with Crippen molar-refractivity contribution in [2.24, 2.45) is 11.8 Å². The molecule has 0 aromatic carbocycles. The monoisotopic (exact) mass is 305 g/mol. The predicted octanol–water partition coefficient (Wildman–Crippen LogP) is 1.55. The van der Waals surface area contributed by atoms with Crippen LogP contribution in [-0.4, -0.2) is 57.2 Å². The summed E-state index contributed by atoms with van der Waals surface area (Å²) < 4.78 is 2.13. The fraction of sp³-hybridized carbons (Fsp3) is 0.812. The van der Waals surface area contributed by atoms with Crippen LogP contribution in [-0.2, 0) is 11.3 Å². The Labute approximate surface area is 132 Å². The van der Waals surface area contributed by atoms with Gasteiger partial charge in [-0.2, -0.15) is 0 Å². The molecule has 1 aromatic rings. The van der Waals surface area contributed by atoms with E-state index in [1.807, 2.05) is 18.3 Å². The minimum absolute atomic E-state index is 0.309. The second kappa shape index (κ2) is 5.99. The number of carbonyl (C=O) groups is 1. The average molecular weight is 305 g/mol. The number of rotatable bonds is 4.